The number of hydrogen-bond acceptors (Lipinski definition) is 3. The van der Waals surface area contributed by atoms with Crippen molar-refractivity contribution in [1.29, 1.82) is 0 Å². The molecule has 80 valence electrons. The third-order valence-corrected chi connectivity index (χ3v) is 4.76. The molecule has 0 bridgehead atoms. The maximum Gasteiger partial charge on any atom is 0.250 e. The van der Waals surface area contributed by atoms with E-state index in [4.69, 9.17) is 0 Å². The Morgan fingerprint density at radius 3 is 2.64 bits per heavy atom. The number of rotatable bonds is 5. The monoisotopic (exact) mass is 233 g/mol. The first kappa shape index (κ1) is 11.7. The average Bonchev–Trinajstić information content (AvgIpc) is 2.53. The Labute approximate surface area is 89.2 Å². The van der Waals surface area contributed by atoms with Crippen LogP contribution in [-0.4, -0.2) is 15.0 Å². The molecule has 14 heavy (non-hydrogen) atoms. The van der Waals surface area contributed by atoms with Gasteiger partial charge >= 0.3 is 0 Å². The fraction of sp³-hybridized carbons (Fsp3) is 0.556. The van der Waals surface area contributed by atoms with Crippen LogP contribution in [0.15, 0.2) is 16.3 Å². The molecule has 1 rings (SSSR count). The molecule has 1 N–H and O–H groups in total. The summed E-state index contributed by atoms with van der Waals surface area (Å²) in [4.78, 5) is 1.01. The van der Waals surface area contributed by atoms with Crippen molar-refractivity contribution in [2.75, 3.05) is 6.54 Å². The summed E-state index contributed by atoms with van der Waals surface area (Å²) in [5.74, 6) is 0. The Balaban J connectivity index is 2.66. The molecule has 0 radical (unpaired) electrons. The molecule has 0 aliphatic heterocycles. The quantitative estimate of drug-likeness (QED) is 0.792. The maximum absolute atomic E-state index is 11.6. The lowest BCUT2D eigenvalue weighted by Crippen LogP contribution is -2.23. The number of nitrogens with one attached hydrogen (secondary N) is 1. The lowest BCUT2D eigenvalue weighted by molar-refractivity contribution is 0.580. The largest absolute Gasteiger partial charge is 0.250 e. The van der Waals surface area contributed by atoms with E-state index in [1.807, 2.05) is 19.9 Å². The maximum atomic E-state index is 11.6. The number of hydrogen-bond donors (Lipinski definition) is 1. The zero-order valence-corrected chi connectivity index (χ0v) is 10.0. The second-order valence-corrected chi connectivity index (χ2v) is 6.40. The SMILES string of the molecule is CCCCNS(=O)(=O)c1ccc(C)s1. The Morgan fingerprint density at radius 2 is 2.14 bits per heavy atom. The average molecular weight is 233 g/mol. The van der Waals surface area contributed by atoms with Crippen LogP contribution in [0, 0.1) is 6.92 Å². The van der Waals surface area contributed by atoms with E-state index in [0.29, 0.717) is 10.8 Å². The molecule has 0 saturated carbocycles. The standard InChI is InChI=1S/C9H15NO2S2/c1-3-4-7-10-14(11,12)9-6-5-8(2)13-9/h5-6,10H,3-4,7H2,1-2H3. The molecule has 3 nitrogen and oxygen atoms in total. The Morgan fingerprint density at radius 1 is 1.43 bits per heavy atom. The molecule has 0 unspecified atom stereocenters. The Kier molecular flexibility index (Phi) is 4.10. The van der Waals surface area contributed by atoms with Crippen LogP contribution < -0.4 is 4.72 Å². The van der Waals surface area contributed by atoms with Crippen LogP contribution in [0.4, 0.5) is 0 Å². The van der Waals surface area contributed by atoms with E-state index >= 15 is 0 Å². The second-order valence-electron chi connectivity index (χ2n) is 3.12. The molecule has 1 aromatic rings. The summed E-state index contributed by atoms with van der Waals surface area (Å²) in [6.07, 6.45) is 1.87. The molecule has 0 aliphatic carbocycles. The molecule has 5 heteroatoms. The zero-order chi connectivity index (χ0) is 10.6. The van der Waals surface area contributed by atoms with E-state index in [9.17, 15) is 8.42 Å². The predicted molar refractivity (Wildman–Crippen MR) is 59.2 cm³/mol. The van der Waals surface area contributed by atoms with Crippen LogP contribution in [0.3, 0.4) is 0 Å². The van der Waals surface area contributed by atoms with Crippen LogP contribution in [0.5, 0.6) is 0 Å². The van der Waals surface area contributed by atoms with E-state index in [0.717, 1.165) is 17.7 Å². The molecule has 0 fully saturated rings. The topological polar surface area (TPSA) is 46.2 Å². The van der Waals surface area contributed by atoms with Gasteiger partial charge in [-0.05, 0) is 25.5 Å². The molecule has 1 heterocycles. The molecular weight excluding hydrogens is 218 g/mol. The second kappa shape index (κ2) is 4.91. The lowest BCUT2D eigenvalue weighted by atomic mass is 10.3. The highest BCUT2D eigenvalue weighted by Gasteiger charge is 2.14. The van der Waals surface area contributed by atoms with Gasteiger partial charge in [0.15, 0.2) is 0 Å². The highest BCUT2D eigenvalue weighted by atomic mass is 32.2. The molecule has 0 amide bonds. The van der Waals surface area contributed by atoms with Crippen LogP contribution in [0.2, 0.25) is 0 Å². The molecule has 0 atom stereocenters. The zero-order valence-electron chi connectivity index (χ0n) is 8.41. The highest BCUT2D eigenvalue weighted by Crippen LogP contribution is 2.20. The number of thiophene rings is 1. The molecule has 0 spiro atoms. The Bertz CT molecular complexity index is 381. The minimum absolute atomic E-state index is 0.408. The van der Waals surface area contributed by atoms with Gasteiger partial charge in [-0.15, -0.1) is 11.3 Å². The summed E-state index contributed by atoms with van der Waals surface area (Å²) < 4.78 is 26.2. The smallest absolute Gasteiger partial charge is 0.210 e. The van der Waals surface area contributed by atoms with Gasteiger partial charge in [-0.25, -0.2) is 13.1 Å². The van der Waals surface area contributed by atoms with Gasteiger partial charge in [0.05, 0.1) is 0 Å². The first-order chi connectivity index (χ1) is 6.56. The van der Waals surface area contributed by atoms with Gasteiger partial charge in [0.2, 0.25) is 10.0 Å². The predicted octanol–water partition coefficient (Wildman–Crippen LogP) is 2.13. The normalized spacial score (nSPS) is 11.9. The summed E-state index contributed by atoms with van der Waals surface area (Å²) >= 11 is 1.30. The van der Waals surface area contributed by atoms with Gasteiger partial charge < -0.3 is 0 Å². The van der Waals surface area contributed by atoms with Crippen LogP contribution in [0.25, 0.3) is 0 Å². The van der Waals surface area contributed by atoms with Gasteiger partial charge in [-0.3, -0.25) is 0 Å². The van der Waals surface area contributed by atoms with Crippen molar-refractivity contribution in [1.82, 2.24) is 4.72 Å². The highest BCUT2D eigenvalue weighted by molar-refractivity contribution is 7.91. The molecule has 0 aliphatic rings. The van der Waals surface area contributed by atoms with E-state index in [1.54, 1.807) is 6.07 Å². The van der Waals surface area contributed by atoms with Crippen molar-refractivity contribution in [3.8, 4) is 0 Å². The summed E-state index contributed by atoms with van der Waals surface area (Å²) in [7, 11) is -3.24. The summed E-state index contributed by atoms with van der Waals surface area (Å²) in [6.45, 7) is 4.45. The fourth-order valence-corrected chi connectivity index (χ4v) is 3.41. The first-order valence-electron chi connectivity index (χ1n) is 4.62. The number of aryl methyl sites for hydroxylation is 1. The Hall–Kier alpha value is -0.390. The summed E-state index contributed by atoms with van der Waals surface area (Å²) in [5, 5.41) is 0. The lowest BCUT2D eigenvalue weighted by Gasteiger charge is -2.02. The van der Waals surface area contributed by atoms with Crippen LogP contribution >= 0.6 is 11.3 Å². The molecule has 0 aromatic carbocycles. The van der Waals surface area contributed by atoms with Crippen LogP contribution in [0.1, 0.15) is 24.6 Å². The van der Waals surface area contributed by atoms with Crippen molar-refractivity contribution in [2.24, 2.45) is 0 Å². The van der Waals surface area contributed by atoms with Gasteiger partial charge in [-0.1, -0.05) is 13.3 Å². The first-order valence-corrected chi connectivity index (χ1v) is 6.92. The third-order valence-electron chi connectivity index (χ3n) is 1.80. The van der Waals surface area contributed by atoms with Crippen molar-refractivity contribution < 1.29 is 8.42 Å². The minimum Gasteiger partial charge on any atom is -0.210 e. The summed E-state index contributed by atoms with van der Waals surface area (Å²) in [5.41, 5.74) is 0. The number of unbranched alkanes of at least 4 members (excludes halogenated alkanes) is 1. The van der Waals surface area contributed by atoms with E-state index in [-0.39, 0.29) is 0 Å². The molecule has 0 saturated heterocycles. The van der Waals surface area contributed by atoms with Crippen molar-refractivity contribution in [3.63, 3.8) is 0 Å². The third kappa shape index (κ3) is 3.08. The van der Waals surface area contributed by atoms with E-state index in [2.05, 4.69) is 4.72 Å². The van der Waals surface area contributed by atoms with Crippen molar-refractivity contribution in [2.45, 2.75) is 30.9 Å². The van der Waals surface area contributed by atoms with Gasteiger partial charge in [-0.2, -0.15) is 0 Å². The van der Waals surface area contributed by atoms with Gasteiger partial charge in [0, 0.05) is 11.4 Å². The van der Waals surface area contributed by atoms with Crippen molar-refractivity contribution >= 4 is 21.4 Å². The number of sulfonamides is 1. The fourth-order valence-electron chi connectivity index (χ4n) is 1.01. The minimum atomic E-state index is -3.24. The van der Waals surface area contributed by atoms with E-state index in [1.165, 1.54) is 11.3 Å². The van der Waals surface area contributed by atoms with Crippen LogP contribution in [-0.2, 0) is 10.0 Å². The van der Waals surface area contributed by atoms with Gasteiger partial charge in [0.25, 0.3) is 0 Å². The van der Waals surface area contributed by atoms with E-state index < -0.39 is 10.0 Å². The summed E-state index contributed by atoms with van der Waals surface area (Å²) in [6, 6.07) is 3.47. The van der Waals surface area contributed by atoms with Gasteiger partial charge in [0.1, 0.15) is 4.21 Å². The molecule has 1 aromatic heterocycles. The molecular formula is C9H15NO2S2. The van der Waals surface area contributed by atoms with Crippen molar-refractivity contribution in [3.05, 3.63) is 17.0 Å².